The summed E-state index contributed by atoms with van der Waals surface area (Å²) in [6, 6.07) is 0. The summed E-state index contributed by atoms with van der Waals surface area (Å²) < 4.78 is 9.62. The first-order chi connectivity index (χ1) is 7.72. The maximum Gasteiger partial charge on any atom is 0.409 e. The molecule has 1 aromatic heterocycles. The fourth-order valence-electron chi connectivity index (χ4n) is 1.81. The fraction of sp³-hybridized carbons (Fsp3) is 0.600. The summed E-state index contributed by atoms with van der Waals surface area (Å²) in [6.45, 7) is 3.17. The number of hydrogen-bond donors (Lipinski definition) is 1. The standard InChI is InChI=1S/C10H14N2O4/c1-2-15-10(14)12-5-3-7-8(4-6-12)11-16-9(7)13/h11H,2-6H2,1H3. The zero-order valence-electron chi connectivity index (χ0n) is 9.12. The molecule has 0 fully saturated rings. The highest BCUT2D eigenvalue weighted by atomic mass is 16.6. The van der Waals surface area contributed by atoms with Gasteiger partial charge in [-0.3, -0.25) is 0 Å². The first kappa shape index (κ1) is 10.8. The molecule has 1 amide bonds. The molecule has 2 rings (SSSR count). The zero-order valence-corrected chi connectivity index (χ0v) is 9.12. The molecule has 1 aliphatic heterocycles. The number of aromatic nitrogens is 1. The van der Waals surface area contributed by atoms with Crippen LogP contribution in [0.15, 0.2) is 9.32 Å². The lowest BCUT2D eigenvalue weighted by molar-refractivity contribution is 0.108. The summed E-state index contributed by atoms with van der Waals surface area (Å²) in [7, 11) is 0. The van der Waals surface area contributed by atoms with Crippen molar-refractivity contribution in [1.82, 2.24) is 10.1 Å². The highest BCUT2D eigenvalue weighted by molar-refractivity contribution is 5.67. The molecule has 0 aliphatic carbocycles. The van der Waals surface area contributed by atoms with E-state index < -0.39 is 0 Å². The largest absolute Gasteiger partial charge is 0.450 e. The highest BCUT2D eigenvalue weighted by Crippen LogP contribution is 2.11. The Morgan fingerprint density at radius 1 is 1.50 bits per heavy atom. The van der Waals surface area contributed by atoms with Gasteiger partial charge in [0.2, 0.25) is 0 Å². The van der Waals surface area contributed by atoms with Crippen molar-refractivity contribution in [2.24, 2.45) is 0 Å². The SMILES string of the molecule is CCOC(=O)N1CCc2[nH]oc(=O)c2CC1. The number of carbonyl (C=O) groups excluding carboxylic acids is 1. The second-order valence-electron chi connectivity index (χ2n) is 3.63. The molecule has 0 unspecified atom stereocenters. The minimum Gasteiger partial charge on any atom is -0.450 e. The van der Waals surface area contributed by atoms with Gasteiger partial charge in [0.05, 0.1) is 17.9 Å². The molecule has 1 aliphatic rings. The van der Waals surface area contributed by atoms with Crippen LogP contribution in [0.5, 0.6) is 0 Å². The molecule has 16 heavy (non-hydrogen) atoms. The van der Waals surface area contributed by atoms with Gasteiger partial charge < -0.3 is 14.2 Å². The van der Waals surface area contributed by atoms with E-state index in [0.29, 0.717) is 38.1 Å². The van der Waals surface area contributed by atoms with Crippen molar-refractivity contribution in [1.29, 1.82) is 0 Å². The zero-order chi connectivity index (χ0) is 11.5. The Kier molecular flexibility index (Phi) is 2.98. The molecule has 0 aromatic carbocycles. The number of hydrogen-bond acceptors (Lipinski definition) is 4. The normalized spacial score (nSPS) is 15.4. The minimum atomic E-state index is -0.333. The van der Waals surface area contributed by atoms with Gasteiger partial charge in [0, 0.05) is 19.5 Å². The third kappa shape index (κ3) is 1.95. The summed E-state index contributed by atoms with van der Waals surface area (Å²) in [5.74, 6) is 0. The second kappa shape index (κ2) is 4.42. The Morgan fingerprint density at radius 3 is 3.00 bits per heavy atom. The lowest BCUT2D eigenvalue weighted by Gasteiger charge is -2.18. The predicted octanol–water partition coefficient (Wildman–Crippen LogP) is 0.525. The van der Waals surface area contributed by atoms with Crippen LogP contribution in [-0.2, 0) is 17.6 Å². The van der Waals surface area contributed by atoms with Crippen LogP contribution in [0.3, 0.4) is 0 Å². The van der Waals surface area contributed by atoms with Gasteiger partial charge in [-0.15, -0.1) is 0 Å². The third-order valence-electron chi connectivity index (χ3n) is 2.67. The molecule has 1 aromatic rings. The molecule has 0 spiro atoms. The van der Waals surface area contributed by atoms with Crippen LogP contribution in [0.25, 0.3) is 0 Å². The van der Waals surface area contributed by atoms with E-state index >= 15 is 0 Å². The summed E-state index contributed by atoms with van der Waals surface area (Å²) in [5.41, 5.74) is 1.10. The van der Waals surface area contributed by atoms with E-state index in [-0.39, 0.29) is 11.7 Å². The molecule has 0 radical (unpaired) electrons. The Morgan fingerprint density at radius 2 is 2.25 bits per heavy atom. The second-order valence-corrected chi connectivity index (χ2v) is 3.63. The smallest absolute Gasteiger partial charge is 0.409 e. The number of nitrogens with zero attached hydrogens (tertiary/aromatic N) is 1. The number of rotatable bonds is 1. The molecule has 0 atom stereocenters. The van der Waals surface area contributed by atoms with Gasteiger partial charge in [-0.05, 0) is 13.3 Å². The van der Waals surface area contributed by atoms with Gasteiger partial charge >= 0.3 is 11.7 Å². The fourth-order valence-corrected chi connectivity index (χ4v) is 1.81. The van der Waals surface area contributed by atoms with E-state index in [9.17, 15) is 9.59 Å². The van der Waals surface area contributed by atoms with Crippen molar-refractivity contribution < 1.29 is 14.1 Å². The van der Waals surface area contributed by atoms with Gasteiger partial charge in [0.1, 0.15) is 0 Å². The average molecular weight is 226 g/mol. The number of fused-ring (bicyclic) bond motifs is 1. The van der Waals surface area contributed by atoms with Crippen LogP contribution in [0.2, 0.25) is 0 Å². The van der Waals surface area contributed by atoms with E-state index in [0.717, 1.165) is 5.69 Å². The van der Waals surface area contributed by atoms with E-state index in [2.05, 4.69) is 5.16 Å². The number of nitrogens with one attached hydrogen (secondary N) is 1. The Labute approximate surface area is 92.1 Å². The number of aromatic amines is 1. The van der Waals surface area contributed by atoms with Crippen LogP contribution >= 0.6 is 0 Å². The van der Waals surface area contributed by atoms with Crippen molar-refractivity contribution in [3.05, 3.63) is 21.7 Å². The average Bonchev–Trinajstić information content (AvgIpc) is 2.51. The molecular weight excluding hydrogens is 212 g/mol. The van der Waals surface area contributed by atoms with E-state index in [1.54, 1.807) is 11.8 Å². The molecule has 6 heteroatoms. The molecule has 2 heterocycles. The molecule has 0 saturated carbocycles. The van der Waals surface area contributed by atoms with Crippen molar-refractivity contribution in [3.63, 3.8) is 0 Å². The quantitative estimate of drug-likeness (QED) is 0.757. The molecule has 0 saturated heterocycles. The Balaban J connectivity index is 2.07. The summed E-state index contributed by atoms with van der Waals surface area (Å²) >= 11 is 0. The number of ether oxygens (including phenoxy) is 1. The van der Waals surface area contributed by atoms with Crippen LogP contribution in [-0.4, -0.2) is 35.8 Å². The van der Waals surface area contributed by atoms with Crippen LogP contribution in [0.4, 0.5) is 4.79 Å². The van der Waals surface area contributed by atoms with Gasteiger partial charge in [-0.1, -0.05) is 0 Å². The van der Waals surface area contributed by atoms with Crippen LogP contribution in [0.1, 0.15) is 18.2 Å². The van der Waals surface area contributed by atoms with Gasteiger partial charge in [0.15, 0.2) is 0 Å². The van der Waals surface area contributed by atoms with Crippen LogP contribution in [0, 0.1) is 0 Å². The van der Waals surface area contributed by atoms with E-state index in [4.69, 9.17) is 9.26 Å². The molecule has 88 valence electrons. The van der Waals surface area contributed by atoms with Crippen molar-refractivity contribution in [2.75, 3.05) is 19.7 Å². The van der Waals surface area contributed by atoms with Crippen LogP contribution < -0.4 is 5.63 Å². The Bertz CT molecular complexity index is 434. The monoisotopic (exact) mass is 226 g/mol. The maximum absolute atomic E-state index is 11.5. The molecular formula is C10H14N2O4. The highest BCUT2D eigenvalue weighted by Gasteiger charge is 2.22. The molecule has 0 bridgehead atoms. The first-order valence-corrected chi connectivity index (χ1v) is 5.33. The van der Waals surface area contributed by atoms with Gasteiger partial charge in [-0.25, -0.2) is 14.7 Å². The number of H-pyrrole nitrogens is 1. The molecule has 6 nitrogen and oxygen atoms in total. The first-order valence-electron chi connectivity index (χ1n) is 5.33. The van der Waals surface area contributed by atoms with E-state index in [1.807, 2.05) is 0 Å². The van der Waals surface area contributed by atoms with Crippen molar-refractivity contribution >= 4 is 6.09 Å². The number of amides is 1. The lowest BCUT2D eigenvalue weighted by atomic mass is 10.2. The number of carbonyl (C=O) groups is 1. The van der Waals surface area contributed by atoms with Gasteiger partial charge in [0.25, 0.3) is 0 Å². The summed E-state index contributed by atoms with van der Waals surface area (Å²) in [6.07, 6.45) is 0.789. The summed E-state index contributed by atoms with van der Waals surface area (Å²) in [5, 5.41) is 2.59. The third-order valence-corrected chi connectivity index (χ3v) is 2.67. The topological polar surface area (TPSA) is 75.5 Å². The Hall–Kier alpha value is -1.72. The van der Waals surface area contributed by atoms with Gasteiger partial charge in [-0.2, -0.15) is 0 Å². The predicted molar refractivity (Wildman–Crippen MR) is 55.3 cm³/mol. The minimum absolute atomic E-state index is 0.322. The summed E-state index contributed by atoms with van der Waals surface area (Å²) in [4.78, 5) is 24.4. The lowest BCUT2D eigenvalue weighted by Crippen LogP contribution is -2.34. The van der Waals surface area contributed by atoms with E-state index in [1.165, 1.54) is 0 Å². The molecule has 1 N–H and O–H groups in total. The van der Waals surface area contributed by atoms with Crippen molar-refractivity contribution in [2.45, 2.75) is 19.8 Å². The maximum atomic E-state index is 11.5. The van der Waals surface area contributed by atoms with Crippen molar-refractivity contribution in [3.8, 4) is 0 Å².